The van der Waals surface area contributed by atoms with Gasteiger partial charge in [-0.3, -0.25) is 10.1 Å². The summed E-state index contributed by atoms with van der Waals surface area (Å²) in [7, 11) is 1.65. The molecule has 6 heteroatoms. The van der Waals surface area contributed by atoms with Gasteiger partial charge in [0.25, 0.3) is 5.69 Å². The van der Waals surface area contributed by atoms with Crippen molar-refractivity contribution in [1.82, 2.24) is 0 Å². The van der Waals surface area contributed by atoms with E-state index in [9.17, 15) is 10.1 Å². The first-order valence-corrected chi connectivity index (χ1v) is 6.23. The van der Waals surface area contributed by atoms with Crippen LogP contribution in [0.5, 0.6) is 0 Å². The quantitative estimate of drug-likeness (QED) is 0.465. The van der Waals surface area contributed by atoms with E-state index in [0.29, 0.717) is 12.5 Å². The van der Waals surface area contributed by atoms with Gasteiger partial charge < -0.3 is 15.4 Å². The molecular weight excluding hydrogens is 246 g/mol. The van der Waals surface area contributed by atoms with E-state index >= 15 is 0 Å². The zero-order valence-corrected chi connectivity index (χ0v) is 11.6. The van der Waals surface area contributed by atoms with Gasteiger partial charge in [-0.1, -0.05) is 13.8 Å². The Hall–Kier alpha value is -1.82. The lowest BCUT2D eigenvalue weighted by molar-refractivity contribution is -0.383. The lowest BCUT2D eigenvalue weighted by Gasteiger charge is -2.26. The smallest absolute Gasteiger partial charge is 0.292 e. The molecule has 0 aromatic heterocycles. The predicted molar refractivity (Wildman–Crippen MR) is 76.4 cm³/mol. The molecule has 0 atom stereocenters. The Morgan fingerprint density at radius 1 is 1.47 bits per heavy atom. The first-order chi connectivity index (χ1) is 8.95. The van der Waals surface area contributed by atoms with Crippen molar-refractivity contribution in [3.8, 4) is 0 Å². The maximum atomic E-state index is 10.7. The van der Waals surface area contributed by atoms with Crippen molar-refractivity contribution in [2.24, 2.45) is 5.92 Å². The molecule has 0 unspecified atom stereocenters. The van der Waals surface area contributed by atoms with Crippen LogP contribution in [0.1, 0.15) is 13.8 Å². The van der Waals surface area contributed by atoms with Crippen molar-refractivity contribution in [1.29, 1.82) is 0 Å². The summed E-state index contributed by atoms with van der Waals surface area (Å²) in [5, 5.41) is 10.7. The number of anilines is 2. The molecule has 1 rings (SSSR count). The molecule has 0 amide bonds. The van der Waals surface area contributed by atoms with Crippen molar-refractivity contribution >= 4 is 17.1 Å². The number of rotatable bonds is 7. The third kappa shape index (κ3) is 4.40. The van der Waals surface area contributed by atoms with Crippen LogP contribution in [0.25, 0.3) is 0 Å². The van der Waals surface area contributed by atoms with E-state index in [-0.39, 0.29) is 11.4 Å². The molecule has 0 spiro atoms. The normalized spacial score (nSPS) is 10.7. The van der Waals surface area contributed by atoms with E-state index in [1.165, 1.54) is 6.07 Å². The Labute approximate surface area is 113 Å². The molecule has 0 aliphatic heterocycles. The van der Waals surface area contributed by atoms with E-state index in [2.05, 4.69) is 18.7 Å². The minimum atomic E-state index is -0.471. The number of methoxy groups -OCH3 is 1. The van der Waals surface area contributed by atoms with Gasteiger partial charge in [0.1, 0.15) is 5.69 Å². The summed E-state index contributed by atoms with van der Waals surface area (Å²) in [5.41, 5.74) is 6.74. The van der Waals surface area contributed by atoms with Crippen LogP contribution in [0.15, 0.2) is 18.2 Å². The van der Waals surface area contributed by atoms with Gasteiger partial charge in [0, 0.05) is 32.0 Å². The zero-order chi connectivity index (χ0) is 14.4. The van der Waals surface area contributed by atoms with Gasteiger partial charge >= 0.3 is 0 Å². The lowest BCUT2D eigenvalue weighted by atomic mass is 10.1. The Bertz CT molecular complexity index is 435. The van der Waals surface area contributed by atoms with Crippen LogP contribution in [-0.2, 0) is 4.74 Å². The van der Waals surface area contributed by atoms with Gasteiger partial charge in [-0.2, -0.15) is 0 Å². The highest BCUT2D eigenvalue weighted by Gasteiger charge is 2.15. The van der Waals surface area contributed by atoms with E-state index < -0.39 is 4.92 Å². The summed E-state index contributed by atoms with van der Waals surface area (Å²) >= 11 is 0. The molecule has 0 bridgehead atoms. The highest BCUT2D eigenvalue weighted by Crippen LogP contribution is 2.27. The Kier molecular flexibility index (Phi) is 5.57. The molecule has 0 aliphatic carbocycles. The molecule has 2 N–H and O–H groups in total. The van der Waals surface area contributed by atoms with Crippen LogP contribution in [0.2, 0.25) is 0 Å². The fourth-order valence-electron chi connectivity index (χ4n) is 1.87. The summed E-state index contributed by atoms with van der Waals surface area (Å²) in [4.78, 5) is 12.4. The summed E-state index contributed by atoms with van der Waals surface area (Å²) in [5.74, 6) is 0.480. The van der Waals surface area contributed by atoms with Gasteiger partial charge in [0.15, 0.2) is 0 Å². The molecule has 0 aliphatic rings. The third-order valence-corrected chi connectivity index (χ3v) is 2.72. The number of ether oxygens (including phenoxy) is 1. The lowest BCUT2D eigenvalue weighted by Crippen LogP contribution is -2.31. The maximum absolute atomic E-state index is 10.7. The molecule has 19 heavy (non-hydrogen) atoms. The first-order valence-electron chi connectivity index (χ1n) is 6.23. The average Bonchev–Trinajstić information content (AvgIpc) is 2.33. The summed E-state index contributed by atoms with van der Waals surface area (Å²) in [6, 6.07) is 4.83. The third-order valence-electron chi connectivity index (χ3n) is 2.72. The molecule has 1 aromatic carbocycles. The highest BCUT2D eigenvalue weighted by molar-refractivity contribution is 5.66. The number of nitrogens with zero attached hydrogens (tertiary/aromatic N) is 2. The minimum absolute atomic E-state index is 0.0556. The molecule has 106 valence electrons. The van der Waals surface area contributed by atoms with Crippen LogP contribution in [0.4, 0.5) is 17.1 Å². The van der Waals surface area contributed by atoms with Gasteiger partial charge in [0.2, 0.25) is 0 Å². The fourth-order valence-corrected chi connectivity index (χ4v) is 1.87. The Morgan fingerprint density at radius 2 is 2.16 bits per heavy atom. The van der Waals surface area contributed by atoms with Crippen LogP contribution in [-0.4, -0.2) is 31.7 Å². The number of benzene rings is 1. The zero-order valence-electron chi connectivity index (χ0n) is 11.6. The second-order valence-electron chi connectivity index (χ2n) is 4.83. The van der Waals surface area contributed by atoms with Gasteiger partial charge in [0.05, 0.1) is 11.5 Å². The van der Waals surface area contributed by atoms with Gasteiger partial charge in [-0.25, -0.2) is 0 Å². The number of hydrogen-bond acceptors (Lipinski definition) is 5. The Balaban J connectivity index is 2.95. The second kappa shape index (κ2) is 6.94. The summed E-state index contributed by atoms with van der Waals surface area (Å²) in [6.45, 7) is 6.42. The number of nitro groups is 1. The van der Waals surface area contributed by atoms with Gasteiger partial charge in [-0.05, 0) is 18.1 Å². The monoisotopic (exact) mass is 267 g/mol. The summed E-state index contributed by atoms with van der Waals surface area (Å²) in [6.07, 6.45) is 0. The molecular formula is C13H21N3O3. The number of hydrogen-bond donors (Lipinski definition) is 1. The largest absolute Gasteiger partial charge is 0.393 e. The fraction of sp³-hybridized carbons (Fsp3) is 0.538. The predicted octanol–water partition coefficient (Wildman–Crippen LogP) is 2.29. The Morgan fingerprint density at radius 3 is 2.63 bits per heavy atom. The molecule has 6 nitrogen and oxygen atoms in total. The number of nitrogens with two attached hydrogens (primary N) is 1. The van der Waals surface area contributed by atoms with Crippen molar-refractivity contribution in [2.75, 3.05) is 37.4 Å². The first kappa shape index (κ1) is 15.2. The van der Waals surface area contributed by atoms with E-state index in [4.69, 9.17) is 10.5 Å². The van der Waals surface area contributed by atoms with Crippen molar-refractivity contribution in [3.05, 3.63) is 28.3 Å². The highest BCUT2D eigenvalue weighted by atomic mass is 16.6. The van der Waals surface area contributed by atoms with E-state index in [1.54, 1.807) is 19.2 Å². The molecule has 0 radical (unpaired) electrons. The molecule has 0 fully saturated rings. The van der Waals surface area contributed by atoms with Crippen molar-refractivity contribution in [2.45, 2.75) is 13.8 Å². The van der Waals surface area contributed by atoms with Gasteiger partial charge in [-0.15, -0.1) is 0 Å². The second-order valence-corrected chi connectivity index (χ2v) is 4.83. The van der Waals surface area contributed by atoms with Crippen LogP contribution < -0.4 is 10.6 Å². The van der Waals surface area contributed by atoms with E-state index in [1.807, 2.05) is 0 Å². The van der Waals surface area contributed by atoms with Crippen molar-refractivity contribution in [3.63, 3.8) is 0 Å². The molecule has 0 heterocycles. The van der Waals surface area contributed by atoms with Crippen LogP contribution in [0, 0.1) is 16.0 Å². The SMILES string of the molecule is COCCN(CC(C)C)c1ccc([N+](=O)[O-])c(N)c1. The van der Waals surface area contributed by atoms with Crippen LogP contribution in [0.3, 0.4) is 0 Å². The van der Waals surface area contributed by atoms with Crippen molar-refractivity contribution < 1.29 is 9.66 Å². The number of nitrogen functional groups attached to an aromatic ring is 1. The topological polar surface area (TPSA) is 81.6 Å². The average molecular weight is 267 g/mol. The molecule has 0 saturated heterocycles. The standard InChI is InChI=1S/C13H21N3O3/c1-10(2)9-15(6-7-19-3)11-4-5-13(16(17)18)12(14)8-11/h4-5,8,10H,6-7,9,14H2,1-3H3. The van der Waals surface area contributed by atoms with E-state index in [0.717, 1.165) is 18.8 Å². The maximum Gasteiger partial charge on any atom is 0.292 e. The molecule has 1 aromatic rings. The molecule has 0 saturated carbocycles. The number of nitro benzene ring substituents is 1. The summed E-state index contributed by atoms with van der Waals surface area (Å²) < 4.78 is 5.09. The van der Waals surface area contributed by atoms with Crippen LogP contribution >= 0.6 is 0 Å². The minimum Gasteiger partial charge on any atom is -0.393 e.